The van der Waals surface area contributed by atoms with Gasteiger partial charge in [-0.25, -0.2) is 0 Å². The molecule has 1 saturated heterocycles. The number of carbonyl (C=O) groups excluding carboxylic acids is 1. The van der Waals surface area contributed by atoms with Gasteiger partial charge in [0.1, 0.15) is 0 Å². The summed E-state index contributed by atoms with van der Waals surface area (Å²) in [4.78, 5) is 21.7. The van der Waals surface area contributed by atoms with E-state index in [4.69, 9.17) is 5.11 Å². The van der Waals surface area contributed by atoms with E-state index in [0.29, 0.717) is 4.90 Å². The summed E-state index contributed by atoms with van der Waals surface area (Å²) < 4.78 is 36.2. The molecule has 0 aromatic heterocycles. The molecule has 0 aliphatic carbocycles. The SMILES string of the molecule is O=C(O)C1CC(O)CN(C(=O)C(F)(F)F)C1. The summed E-state index contributed by atoms with van der Waals surface area (Å²) in [5.41, 5.74) is 0. The van der Waals surface area contributed by atoms with Crippen molar-refractivity contribution in [2.24, 2.45) is 5.92 Å². The van der Waals surface area contributed by atoms with Crippen LogP contribution in [-0.4, -0.2) is 52.4 Å². The van der Waals surface area contributed by atoms with E-state index in [1.807, 2.05) is 0 Å². The van der Waals surface area contributed by atoms with E-state index in [-0.39, 0.29) is 6.42 Å². The van der Waals surface area contributed by atoms with Gasteiger partial charge in [-0.05, 0) is 6.42 Å². The minimum atomic E-state index is -5.04. The molecule has 2 atom stereocenters. The zero-order valence-electron chi connectivity index (χ0n) is 8.07. The van der Waals surface area contributed by atoms with Gasteiger partial charge in [-0.15, -0.1) is 0 Å². The van der Waals surface area contributed by atoms with Gasteiger partial charge in [0.25, 0.3) is 0 Å². The molecule has 0 aromatic rings. The normalized spacial score (nSPS) is 26.6. The fourth-order valence-electron chi connectivity index (χ4n) is 1.60. The molecule has 2 N–H and O–H groups in total. The van der Waals surface area contributed by atoms with Crippen LogP contribution in [0, 0.1) is 5.92 Å². The summed E-state index contributed by atoms with van der Waals surface area (Å²) in [6.07, 6.45) is -6.42. The third-order valence-electron chi connectivity index (χ3n) is 2.31. The lowest BCUT2D eigenvalue weighted by Gasteiger charge is -2.34. The van der Waals surface area contributed by atoms with E-state index in [0.717, 1.165) is 0 Å². The van der Waals surface area contributed by atoms with Crippen LogP contribution in [0.2, 0.25) is 0 Å². The van der Waals surface area contributed by atoms with E-state index in [9.17, 15) is 27.9 Å². The molecular formula is C8H10F3NO4. The lowest BCUT2D eigenvalue weighted by Crippen LogP contribution is -2.52. The van der Waals surface area contributed by atoms with E-state index in [1.165, 1.54) is 0 Å². The summed E-state index contributed by atoms with van der Waals surface area (Å²) in [7, 11) is 0. The zero-order chi connectivity index (χ0) is 12.5. The number of rotatable bonds is 1. The highest BCUT2D eigenvalue weighted by molar-refractivity contribution is 5.82. The maximum Gasteiger partial charge on any atom is 0.471 e. The average molecular weight is 241 g/mol. The quantitative estimate of drug-likeness (QED) is 0.668. The van der Waals surface area contributed by atoms with Gasteiger partial charge in [0.2, 0.25) is 0 Å². The summed E-state index contributed by atoms with van der Waals surface area (Å²) in [5.74, 6) is -4.59. The Morgan fingerprint density at radius 2 is 1.81 bits per heavy atom. The number of carbonyl (C=O) groups is 2. The zero-order valence-corrected chi connectivity index (χ0v) is 8.07. The van der Waals surface area contributed by atoms with Crippen LogP contribution in [0.15, 0.2) is 0 Å². The van der Waals surface area contributed by atoms with Gasteiger partial charge in [0.15, 0.2) is 0 Å². The number of carboxylic acids is 1. The fourth-order valence-corrected chi connectivity index (χ4v) is 1.60. The topological polar surface area (TPSA) is 77.8 Å². The Balaban J connectivity index is 2.75. The van der Waals surface area contributed by atoms with Gasteiger partial charge in [-0.3, -0.25) is 9.59 Å². The number of aliphatic hydroxyl groups excluding tert-OH is 1. The van der Waals surface area contributed by atoms with Crippen LogP contribution in [0.4, 0.5) is 13.2 Å². The van der Waals surface area contributed by atoms with Crippen molar-refractivity contribution >= 4 is 11.9 Å². The van der Waals surface area contributed by atoms with E-state index < -0.39 is 43.2 Å². The van der Waals surface area contributed by atoms with Crippen molar-refractivity contribution in [3.8, 4) is 0 Å². The third kappa shape index (κ3) is 2.84. The maximum absolute atomic E-state index is 12.1. The molecule has 5 nitrogen and oxygen atoms in total. The number of amides is 1. The Hall–Kier alpha value is -1.31. The number of carboxylic acid groups (broad SMARTS) is 1. The molecular weight excluding hydrogens is 231 g/mol. The third-order valence-corrected chi connectivity index (χ3v) is 2.31. The molecule has 0 spiro atoms. The van der Waals surface area contributed by atoms with Gasteiger partial charge in [-0.2, -0.15) is 13.2 Å². The predicted octanol–water partition coefficient (Wildman–Crippen LogP) is -0.157. The Morgan fingerprint density at radius 3 is 2.25 bits per heavy atom. The highest BCUT2D eigenvalue weighted by atomic mass is 19.4. The van der Waals surface area contributed by atoms with Crippen molar-refractivity contribution in [2.45, 2.75) is 18.7 Å². The van der Waals surface area contributed by atoms with Gasteiger partial charge < -0.3 is 15.1 Å². The van der Waals surface area contributed by atoms with Gasteiger partial charge in [0.05, 0.1) is 12.0 Å². The smallest absolute Gasteiger partial charge is 0.471 e. The van der Waals surface area contributed by atoms with Crippen molar-refractivity contribution in [2.75, 3.05) is 13.1 Å². The standard InChI is InChI=1S/C8H10F3NO4/c9-8(10,11)7(16)12-2-4(6(14)15)1-5(13)3-12/h4-5,13H,1-3H2,(H,14,15). The van der Waals surface area contributed by atoms with Gasteiger partial charge >= 0.3 is 18.1 Å². The lowest BCUT2D eigenvalue weighted by atomic mass is 9.96. The van der Waals surface area contributed by atoms with Crippen LogP contribution < -0.4 is 0 Å². The molecule has 0 aromatic carbocycles. The first-order chi connectivity index (χ1) is 7.21. The summed E-state index contributed by atoms with van der Waals surface area (Å²) in [6.45, 7) is -1.01. The molecule has 0 saturated carbocycles. The lowest BCUT2D eigenvalue weighted by molar-refractivity contribution is -0.190. The largest absolute Gasteiger partial charge is 0.481 e. The van der Waals surface area contributed by atoms with Gasteiger partial charge in [-0.1, -0.05) is 0 Å². The first-order valence-electron chi connectivity index (χ1n) is 4.48. The number of β-amino-alcohol motifs (C(OH)–C–C–N with tert-alkyl or cyclic N) is 1. The maximum atomic E-state index is 12.1. The van der Waals surface area contributed by atoms with Crippen LogP contribution in [0.25, 0.3) is 0 Å². The first-order valence-corrected chi connectivity index (χ1v) is 4.48. The second-order valence-corrected chi connectivity index (χ2v) is 3.63. The van der Waals surface area contributed by atoms with Gasteiger partial charge in [0, 0.05) is 13.1 Å². The number of hydrogen-bond donors (Lipinski definition) is 2. The minimum Gasteiger partial charge on any atom is -0.481 e. The molecule has 0 bridgehead atoms. The van der Waals surface area contributed by atoms with E-state index >= 15 is 0 Å². The predicted molar refractivity (Wildman–Crippen MR) is 44.4 cm³/mol. The van der Waals surface area contributed by atoms with E-state index in [2.05, 4.69) is 0 Å². The summed E-state index contributed by atoms with van der Waals surface area (Å²) in [6, 6.07) is 0. The molecule has 1 aliphatic rings. The fraction of sp³-hybridized carbons (Fsp3) is 0.750. The molecule has 1 rings (SSSR count). The molecule has 0 radical (unpaired) electrons. The second-order valence-electron chi connectivity index (χ2n) is 3.63. The number of aliphatic hydroxyl groups is 1. The van der Waals surface area contributed by atoms with Crippen LogP contribution in [0.1, 0.15) is 6.42 Å². The first kappa shape index (κ1) is 12.8. The van der Waals surface area contributed by atoms with Crippen LogP contribution in [-0.2, 0) is 9.59 Å². The number of likely N-dealkylation sites (tertiary alicyclic amines) is 1. The monoisotopic (exact) mass is 241 g/mol. The number of aliphatic carboxylic acids is 1. The number of nitrogens with zero attached hydrogens (tertiary/aromatic N) is 1. The Morgan fingerprint density at radius 1 is 1.25 bits per heavy atom. The molecule has 1 amide bonds. The average Bonchev–Trinajstić information content (AvgIpc) is 2.14. The molecule has 1 aliphatic heterocycles. The summed E-state index contributed by atoms with van der Waals surface area (Å²) >= 11 is 0. The second kappa shape index (κ2) is 4.28. The molecule has 92 valence electrons. The number of piperidine rings is 1. The van der Waals surface area contributed by atoms with Crippen LogP contribution >= 0.6 is 0 Å². The molecule has 8 heteroatoms. The Labute approximate surface area is 88.5 Å². The van der Waals surface area contributed by atoms with Crippen LogP contribution in [0.3, 0.4) is 0 Å². The number of hydrogen-bond acceptors (Lipinski definition) is 3. The Bertz CT molecular complexity index is 304. The summed E-state index contributed by atoms with van der Waals surface area (Å²) in [5, 5.41) is 17.8. The molecule has 2 unspecified atom stereocenters. The minimum absolute atomic E-state index is 0.142. The van der Waals surface area contributed by atoms with E-state index in [1.54, 1.807) is 0 Å². The molecule has 16 heavy (non-hydrogen) atoms. The van der Waals surface area contributed by atoms with Crippen molar-refractivity contribution < 1.29 is 33.0 Å². The van der Waals surface area contributed by atoms with Crippen molar-refractivity contribution in [3.05, 3.63) is 0 Å². The number of halogens is 3. The highest BCUT2D eigenvalue weighted by Gasteiger charge is 2.45. The highest BCUT2D eigenvalue weighted by Crippen LogP contribution is 2.24. The number of alkyl halides is 3. The van der Waals surface area contributed by atoms with Crippen molar-refractivity contribution in [3.63, 3.8) is 0 Å². The molecule has 1 heterocycles. The Kier molecular flexibility index (Phi) is 3.41. The van der Waals surface area contributed by atoms with Crippen LogP contribution in [0.5, 0.6) is 0 Å². The van der Waals surface area contributed by atoms with Crippen molar-refractivity contribution in [1.82, 2.24) is 4.90 Å². The van der Waals surface area contributed by atoms with Crippen molar-refractivity contribution in [1.29, 1.82) is 0 Å². The molecule has 1 fully saturated rings.